The standard InChI is InChI=1S/C18H18N2O2/c1-3-13-8-10-14(11-9-13)17(21)19-12(2)18-20-15-6-4-5-7-16(15)22-18/h4-12H,3H2,1-2H3,(H,19,21). The van der Waals surface area contributed by atoms with Gasteiger partial charge < -0.3 is 9.73 Å². The van der Waals surface area contributed by atoms with Gasteiger partial charge in [-0.3, -0.25) is 4.79 Å². The van der Waals surface area contributed by atoms with Crippen LogP contribution in [0, 0.1) is 0 Å². The number of nitrogens with zero attached hydrogens (tertiary/aromatic N) is 1. The third-order valence-electron chi connectivity index (χ3n) is 3.65. The quantitative estimate of drug-likeness (QED) is 0.794. The van der Waals surface area contributed by atoms with Crippen LogP contribution in [-0.2, 0) is 6.42 Å². The average Bonchev–Trinajstić information content (AvgIpc) is 2.99. The molecule has 4 heteroatoms. The predicted molar refractivity (Wildman–Crippen MR) is 85.7 cm³/mol. The van der Waals surface area contributed by atoms with E-state index in [0.717, 1.165) is 17.5 Å². The lowest BCUT2D eigenvalue weighted by atomic mass is 10.1. The molecule has 112 valence electrons. The van der Waals surface area contributed by atoms with Gasteiger partial charge in [0.25, 0.3) is 5.91 Å². The van der Waals surface area contributed by atoms with Gasteiger partial charge in [0.1, 0.15) is 11.6 Å². The number of carbonyl (C=O) groups is 1. The minimum Gasteiger partial charge on any atom is -0.438 e. The summed E-state index contributed by atoms with van der Waals surface area (Å²) in [4.78, 5) is 16.7. The maximum absolute atomic E-state index is 12.3. The van der Waals surface area contributed by atoms with Crippen molar-refractivity contribution in [1.29, 1.82) is 0 Å². The van der Waals surface area contributed by atoms with E-state index in [4.69, 9.17) is 4.42 Å². The first-order valence-corrected chi connectivity index (χ1v) is 7.42. The fourth-order valence-corrected chi connectivity index (χ4v) is 2.31. The number of para-hydroxylation sites is 2. The number of oxazole rings is 1. The van der Waals surface area contributed by atoms with Crippen LogP contribution < -0.4 is 5.32 Å². The summed E-state index contributed by atoms with van der Waals surface area (Å²) < 4.78 is 5.68. The van der Waals surface area contributed by atoms with Crippen LogP contribution in [0.1, 0.15) is 41.7 Å². The van der Waals surface area contributed by atoms with E-state index in [9.17, 15) is 4.79 Å². The minimum atomic E-state index is -0.286. The second-order valence-corrected chi connectivity index (χ2v) is 5.27. The van der Waals surface area contributed by atoms with Crippen molar-refractivity contribution < 1.29 is 9.21 Å². The zero-order valence-electron chi connectivity index (χ0n) is 12.7. The molecule has 0 aliphatic carbocycles. The molecule has 1 aromatic heterocycles. The highest BCUT2D eigenvalue weighted by molar-refractivity contribution is 5.94. The number of benzene rings is 2. The Morgan fingerprint density at radius 2 is 1.91 bits per heavy atom. The molecular weight excluding hydrogens is 276 g/mol. The maximum atomic E-state index is 12.3. The van der Waals surface area contributed by atoms with Gasteiger partial charge >= 0.3 is 0 Å². The molecule has 0 radical (unpaired) electrons. The first kappa shape index (κ1) is 14.3. The second kappa shape index (κ2) is 6.02. The largest absolute Gasteiger partial charge is 0.438 e. The van der Waals surface area contributed by atoms with Crippen LogP contribution in [0.25, 0.3) is 11.1 Å². The normalized spacial score (nSPS) is 12.3. The number of hydrogen-bond donors (Lipinski definition) is 1. The van der Waals surface area contributed by atoms with E-state index in [-0.39, 0.29) is 11.9 Å². The van der Waals surface area contributed by atoms with Gasteiger partial charge in [-0.05, 0) is 43.2 Å². The van der Waals surface area contributed by atoms with E-state index in [1.165, 1.54) is 5.56 Å². The zero-order valence-corrected chi connectivity index (χ0v) is 12.7. The summed E-state index contributed by atoms with van der Waals surface area (Å²) in [6, 6.07) is 14.9. The van der Waals surface area contributed by atoms with Crippen LogP contribution in [0.4, 0.5) is 0 Å². The highest BCUT2D eigenvalue weighted by atomic mass is 16.3. The van der Waals surface area contributed by atoms with Crippen LogP contribution in [0.15, 0.2) is 52.9 Å². The molecule has 1 heterocycles. The lowest BCUT2D eigenvalue weighted by Gasteiger charge is -2.10. The summed E-state index contributed by atoms with van der Waals surface area (Å²) in [5, 5.41) is 2.92. The molecule has 0 spiro atoms. The van der Waals surface area contributed by atoms with Crippen molar-refractivity contribution in [3.8, 4) is 0 Å². The molecule has 4 nitrogen and oxygen atoms in total. The number of nitrogens with one attached hydrogen (secondary N) is 1. The van der Waals surface area contributed by atoms with Crippen LogP contribution in [0.3, 0.4) is 0 Å². The summed E-state index contributed by atoms with van der Waals surface area (Å²) in [6.07, 6.45) is 0.960. The first-order valence-electron chi connectivity index (χ1n) is 7.42. The summed E-state index contributed by atoms with van der Waals surface area (Å²) in [6.45, 7) is 3.95. The molecule has 22 heavy (non-hydrogen) atoms. The van der Waals surface area contributed by atoms with Crippen LogP contribution >= 0.6 is 0 Å². The molecule has 1 unspecified atom stereocenters. The van der Waals surface area contributed by atoms with Gasteiger partial charge in [-0.15, -0.1) is 0 Å². The Labute approximate surface area is 129 Å². The SMILES string of the molecule is CCc1ccc(C(=O)NC(C)c2nc3ccccc3o2)cc1. The summed E-state index contributed by atoms with van der Waals surface area (Å²) in [5.41, 5.74) is 3.38. The molecule has 3 rings (SSSR count). The molecule has 0 aliphatic heterocycles. The monoisotopic (exact) mass is 294 g/mol. The Bertz CT molecular complexity index is 757. The topological polar surface area (TPSA) is 55.1 Å². The zero-order chi connectivity index (χ0) is 15.5. The van der Waals surface area contributed by atoms with Crippen LogP contribution in [0.5, 0.6) is 0 Å². The summed E-state index contributed by atoms with van der Waals surface area (Å²) in [7, 11) is 0. The van der Waals surface area contributed by atoms with Crippen molar-refractivity contribution in [2.75, 3.05) is 0 Å². The third kappa shape index (κ3) is 2.86. The number of fused-ring (bicyclic) bond motifs is 1. The van der Waals surface area contributed by atoms with Crippen LogP contribution in [-0.4, -0.2) is 10.9 Å². The number of aryl methyl sites for hydroxylation is 1. The molecule has 0 saturated carbocycles. The van der Waals surface area contributed by atoms with E-state index < -0.39 is 0 Å². The Balaban J connectivity index is 1.74. The first-order chi connectivity index (χ1) is 10.7. The van der Waals surface area contributed by atoms with E-state index in [1.807, 2.05) is 55.5 Å². The summed E-state index contributed by atoms with van der Waals surface area (Å²) in [5.74, 6) is 0.386. The highest BCUT2D eigenvalue weighted by Gasteiger charge is 2.16. The van der Waals surface area contributed by atoms with E-state index in [0.29, 0.717) is 11.5 Å². The van der Waals surface area contributed by atoms with Gasteiger partial charge in [-0.1, -0.05) is 31.2 Å². The lowest BCUT2D eigenvalue weighted by molar-refractivity contribution is 0.0934. The van der Waals surface area contributed by atoms with Crippen molar-refractivity contribution in [2.24, 2.45) is 0 Å². The van der Waals surface area contributed by atoms with Crippen molar-refractivity contribution in [1.82, 2.24) is 10.3 Å². The fraction of sp³-hybridized carbons (Fsp3) is 0.222. The Morgan fingerprint density at radius 1 is 1.18 bits per heavy atom. The molecule has 0 bridgehead atoms. The number of hydrogen-bond acceptors (Lipinski definition) is 3. The Hall–Kier alpha value is -2.62. The number of aromatic nitrogens is 1. The molecule has 3 aromatic rings. The van der Waals surface area contributed by atoms with Crippen molar-refractivity contribution >= 4 is 17.0 Å². The van der Waals surface area contributed by atoms with Gasteiger partial charge in [0.2, 0.25) is 5.89 Å². The molecule has 0 saturated heterocycles. The molecular formula is C18H18N2O2. The fourth-order valence-electron chi connectivity index (χ4n) is 2.31. The van der Waals surface area contributed by atoms with Crippen molar-refractivity contribution in [2.45, 2.75) is 26.3 Å². The van der Waals surface area contributed by atoms with Gasteiger partial charge in [0, 0.05) is 5.56 Å². The molecule has 1 N–H and O–H groups in total. The smallest absolute Gasteiger partial charge is 0.251 e. The highest BCUT2D eigenvalue weighted by Crippen LogP contribution is 2.20. The van der Waals surface area contributed by atoms with Crippen molar-refractivity contribution in [3.63, 3.8) is 0 Å². The van der Waals surface area contributed by atoms with Gasteiger partial charge in [0.05, 0.1) is 0 Å². The van der Waals surface area contributed by atoms with Gasteiger partial charge in [-0.2, -0.15) is 0 Å². The van der Waals surface area contributed by atoms with E-state index in [2.05, 4.69) is 17.2 Å². The van der Waals surface area contributed by atoms with Gasteiger partial charge in [-0.25, -0.2) is 4.98 Å². The van der Waals surface area contributed by atoms with Gasteiger partial charge in [0.15, 0.2) is 5.58 Å². The van der Waals surface area contributed by atoms with Crippen LogP contribution in [0.2, 0.25) is 0 Å². The average molecular weight is 294 g/mol. The maximum Gasteiger partial charge on any atom is 0.251 e. The molecule has 1 amide bonds. The Kier molecular flexibility index (Phi) is 3.92. The predicted octanol–water partition coefficient (Wildman–Crippen LogP) is 3.88. The van der Waals surface area contributed by atoms with Crippen molar-refractivity contribution in [3.05, 3.63) is 65.5 Å². The number of rotatable bonds is 4. The Morgan fingerprint density at radius 3 is 2.59 bits per heavy atom. The van der Waals surface area contributed by atoms with E-state index >= 15 is 0 Å². The molecule has 2 aromatic carbocycles. The molecule has 0 fully saturated rings. The summed E-state index contributed by atoms with van der Waals surface area (Å²) >= 11 is 0. The van der Waals surface area contributed by atoms with E-state index in [1.54, 1.807) is 0 Å². The number of carbonyl (C=O) groups excluding carboxylic acids is 1. The molecule has 1 atom stereocenters. The third-order valence-corrected chi connectivity index (χ3v) is 3.65. The second-order valence-electron chi connectivity index (χ2n) is 5.27. The number of amides is 1. The molecule has 0 aliphatic rings. The lowest BCUT2D eigenvalue weighted by Crippen LogP contribution is -2.26. The minimum absolute atomic E-state index is 0.127.